The van der Waals surface area contributed by atoms with Crippen LogP contribution in [0.15, 0.2) is 0 Å². The molecule has 0 radical (unpaired) electrons. The molecule has 10 heavy (non-hydrogen) atoms. The first-order valence-corrected chi connectivity index (χ1v) is 3.90. The molecule has 1 aliphatic heterocycles. The molecule has 0 aliphatic carbocycles. The van der Waals surface area contributed by atoms with E-state index in [1.807, 2.05) is 13.8 Å². The third kappa shape index (κ3) is 3.08. The molecule has 1 fully saturated rings. The Bertz CT molecular complexity index is 108. The van der Waals surface area contributed by atoms with E-state index in [-0.39, 0.29) is 5.91 Å². The number of nitrogens with one attached hydrogen (secondary N) is 1. The molecule has 1 heterocycles. The molecule has 1 aliphatic rings. The van der Waals surface area contributed by atoms with Gasteiger partial charge in [-0.3, -0.25) is 9.10 Å². The van der Waals surface area contributed by atoms with E-state index in [0.29, 0.717) is 13.1 Å². The number of hydrogen-bond donors (Lipinski definition) is 2. The number of thiol groups is 1. The van der Waals surface area contributed by atoms with Crippen molar-refractivity contribution in [3.8, 4) is 0 Å². The molecule has 1 amide bonds. The van der Waals surface area contributed by atoms with E-state index >= 15 is 0 Å². The maximum absolute atomic E-state index is 10.6. The van der Waals surface area contributed by atoms with Gasteiger partial charge in [0, 0.05) is 13.1 Å². The molecule has 1 saturated heterocycles. The van der Waals surface area contributed by atoms with E-state index in [1.54, 1.807) is 0 Å². The lowest BCUT2D eigenvalue weighted by molar-refractivity contribution is -0.126. The van der Waals surface area contributed by atoms with Crippen LogP contribution >= 0.6 is 12.8 Å². The van der Waals surface area contributed by atoms with Gasteiger partial charge in [0.1, 0.15) is 0 Å². The molecule has 0 atom stereocenters. The standard InChI is InChI=1S/C4H8N2OS.C2H6/c7-4-3-5-1-2-6(4)8;1-2/h5,8H,1-3H2;1-2H3. The fraction of sp³-hybridized carbons (Fsp3) is 0.833. The summed E-state index contributed by atoms with van der Waals surface area (Å²) in [5.41, 5.74) is 0. The molecule has 0 aromatic rings. The highest BCUT2D eigenvalue weighted by molar-refractivity contribution is 7.78. The van der Waals surface area contributed by atoms with Gasteiger partial charge in [0.15, 0.2) is 0 Å². The first-order valence-electron chi connectivity index (χ1n) is 3.50. The lowest BCUT2D eigenvalue weighted by atomic mass is 10.4. The molecule has 0 saturated carbocycles. The molecular weight excluding hydrogens is 148 g/mol. The second-order valence-electron chi connectivity index (χ2n) is 1.69. The van der Waals surface area contributed by atoms with Crippen molar-refractivity contribution in [1.29, 1.82) is 0 Å². The number of amides is 1. The average Bonchev–Trinajstić information content (AvgIpc) is 2.00. The Labute approximate surface area is 67.3 Å². The van der Waals surface area contributed by atoms with Crippen LogP contribution in [-0.4, -0.2) is 29.8 Å². The van der Waals surface area contributed by atoms with Crippen LogP contribution in [0.3, 0.4) is 0 Å². The van der Waals surface area contributed by atoms with Crippen LogP contribution < -0.4 is 5.32 Å². The Morgan fingerprint density at radius 3 is 2.50 bits per heavy atom. The summed E-state index contributed by atoms with van der Waals surface area (Å²) in [6.07, 6.45) is 0. The van der Waals surface area contributed by atoms with E-state index < -0.39 is 0 Å². The van der Waals surface area contributed by atoms with Crippen LogP contribution in [0.5, 0.6) is 0 Å². The van der Waals surface area contributed by atoms with Gasteiger partial charge in [-0.1, -0.05) is 26.7 Å². The SMILES string of the molecule is CC.O=C1CNCCN1S. The van der Waals surface area contributed by atoms with Crippen molar-refractivity contribution in [2.75, 3.05) is 19.6 Å². The van der Waals surface area contributed by atoms with E-state index in [9.17, 15) is 4.79 Å². The number of carbonyl (C=O) groups is 1. The summed E-state index contributed by atoms with van der Waals surface area (Å²) < 4.78 is 1.43. The van der Waals surface area contributed by atoms with E-state index in [0.717, 1.165) is 6.54 Å². The van der Waals surface area contributed by atoms with E-state index in [2.05, 4.69) is 18.1 Å². The van der Waals surface area contributed by atoms with Gasteiger partial charge in [-0.15, -0.1) is 0 Å². The molecule has 1 N–H and O–H groups in total. The van der Waals surface area contributed by atoms with E-state index in [4.69, 9.17) is 0 Å². The maximum atomic E-state index is 10.6. The minimum atomic E-state index is 0.0552. The minimum absolute atomic E-state index is 0.0552. The average molecular weight is 162 g/mol. The normalized spacial score (nSPS) is 17.9. The van der Waals surface area contributed by atoms with Crippen molar-refractivity contribution in [2.24, 2.45) is 0 Å². The van der Waals surface area contributed by atoms with Gasteiger partial charge in [0.25, 0.3) is 0 Å². The fourth-order valence-corrected chi connectivity index (χ4v) is 0.767. The van der Waals surface area contributed by atoms with Crippen LogP contribution in [0.1, 0.15) is 13.8 Å². The molecule has 0 bridgehead atoms. The summed E-state index contributed by atoms with van der Waals surface area (Å²) in [6, 6.07) is 0. The summed E-state index contributed by atoms with van der Waals surface area (Å²) in [4.78, 5) is 10.6. The fourth-order valence-electron chi connectivity index (χ4n) is 0.596. The second kappa shape index (κ2) is 5.56. The minimum Gasteiger partial charge on any atom is -0.307 e. The van der Waals surface area contributed by atoms with Gasteiger partial charge in [-0.2, -0.15) is 0 Å². The molecule has 0 unspecified atom stereocenters. The number of piperazine rings is 1. The zero-order valence-corrected chi connectivity index (χ0v) is 7.32. The summed E-state index contributed by atoms with van der Waals surface area (Å²) in [6.45, 7) is 6.00. The second-order valence-corrected chi connectivity index (χ2v) is 2.18. The maximum Gasteiger partial charge on any atom is 0.246 e. The lowest BCUT2D eigenvalue weighted by Crippen LogP contribution is -2.43. The first-order chi connectivity index (χ1) is 4.80. The third-order valence-corrected chi connectivity index (χ3v) is 1.49. The topological polar surface area (TPSA) is 32.3 Å². The molecule has 1 rings (SSSR count). The summed E-state index contributed by atoms with van der Waals surface area (Å²) in [5, 5.41) is 2.92. The van der Waals surface area contributed by atoms with Crippen molar-refractivity contribution in [3.05, 3.63) is 0 Å². The van der Waals surface area contributed by atoms with Gasteiger partial charge < -0.3 is 5.32 Å². The van der Waals surface area contributed by atoms with Crippen molar-refractivity contribution < 1.29 is 4.79 Å². The van der Waals surface area contributed by atoms with Gasteiger partial charge in [-0.25, -0.2) is 0 Å². The van der Waals surface area contributed by atoms with Crippen LogP contribution in [0.4, 0.5) is 0 Å². The molecule has 4 heteroatoms. The Morgan fingerprint density at radius 2 is 2.20 bits per heavy atom. The van der Waals surface area contributed by atoms with Gasteiger partial charge in [0.2, 0.25) is 5.91 Å². The lowest BCUT2D eigenvalue weighted by Gasteiger charge is -2.20. The predicted octanol–water partition coefficient (Wildman–Crippen LogP) is 0.289. The largest absolute Gasteiger partial charge is 0.307 e. The van der Waals surface area contributed by atoms with Crippen LogP contribution in [0.2, 0.25) is 0 Å². The van der Waals surface area contributed by atoms with Crippen LogP contribution in [0.25, 0.3) is 0 Å². The Hall–Kier alpha value is -0.220. The number of carbonyl (C=O) groups excluding carboxylic acids is 1. The quantitative estimate of drug-likeness (QED) is 0.502. The van der Waals surface area contributed by atoms with Gasteiger partial charge in [-0.05, 0) is 0 Å². The van der Waals surface area contributed by atoms with Crippen molar-refractivity contribution in [2.45, 2.75) is 13.8 Å². The van der Waals surface area contributed by atoms with E-state index in [1.165, 1.54) is 4.31 Å². The Balaban J connectivity index is 0.000000371. The molecule has 0 aromatic heterocycles. The Morgan fingerprint density at radius 1 is 1.60 bits per heavy atom. The van der Waals surface area contributed by atoms with Crippen LogP contribution in [0, 0.1) is 0 Å². The molecular formula is C6H14N2OS. The number of hydrogen-bond acceptors (Lipinski definition) is 3. The first kappa shape index (κ1) is 9.78. The van der Waals surface area contributed by atoms with Gasteiger partial charge >= 0.3 is 0 Å². The highest BCUT2D eigenvalue weighted by Crippen LogP contribution is 1.95. The smallest absolute Gasteiger partial charge is 0.246 e. The van der Waals surface area contributed by atoms with Crippen molar-refractivity contribution in [3.63, 3.8) is 0 Å². The zero-order valence-electron chi connectivity index (χ0n) is 6.42. The van der Waals surface area contributed by atoms with Crippen molar-refractivity contribution >= 4 is 18.7 Å². The summed E-state index contributed by atoms with van der Waals surface area (Å²) in [7, 11) is 0. The zero-order chi connectivity index (χ0) is 7.98. The monoisotopic (exact) mass is 162 g/mol. The summed E-state index contributed by atoms with van der Waals surface area (Å²) in [5.74, 6) is 0.0552. The van der Waals surface area contributed by atoms with Crippen LogP contribution in [-0.2, 0) is 4.79 Å². The summed E-state index contributed by atoms with van der Waals surface area (Å²) >= 11 is 3.90. The Kier molecular flexibility index (Phi) is 5.43. The molecule has 60 valence electrons. The van der Waals surface area contributed by atoms with Crippen molar-refractivity contribution in [1.82, 2.24) is 9.62 Å². The number of rotatable bonds is 0. The highest BCUT2D eigenvalue weighted by atomic mass is 32.1. The van der Waals surface area contributed by atoms with Gasteiger partial charge in [0.05, 0.1) is 6.54 Å². The molecule has 3 nitrogen and oxygen atoms in total. The third-order valence-electron chi connectivity index (χ3n) is 1.06. The predicted molar refractivity (Wildman–Crippen MR) is 44.9 cm³/mol. The number of nitrogens with zero attached hydrogens (tertiary/aromatic N) is 1. The highest BCUT2D eigenvalue weighted by Gasteiger charge is 2.12. The molecule has 0 spiro atoms. The molecule has 0 aromatic carbocycles.